The van der Waals surface area contributed by atoms with E-state index in [9.17, 15) is 8.42 Å². The lowest BCUT2D eigenvalue weighted by atomic mass is 10.3. The average Bonchev–Trinajstić information content (AvgIpc) is 2.37. The first-order chi connectivity index (χ1) is 8.55. The largest absolute Gasteiger partial charge is 0.314 e. The molecular formula is C11H24N4O2S. The van der Waals surface area contributed by atoms with Gasteiger partial charge in [0.1, 0.15) is 0 Å². The molecule has 0 atom stereocenters. The highest BCUT2D eigenvalue weighted by atomic mass is 32.2. The summed E-state index contributed by atoms with van der Waals surface area (Å²) in [5.41, 5.74) is 0. The van der Waals surface area contributed by atoms with Gasteiger partial charge in [-0.25, -0.2) is 8.42 Å². The molecule has 2 aliphatic rings. The van der Waals surface area contributed by atoms with E-state index in [1.807, 2.05) is 0 Å². The Hall–Kier alpha value is -0.210. The highest BCUT2D eigenvalue weighted by Gasteiger charge is 2.23. The number of sulfonamides is 1. The lowest BCUT2D eigenvalue weighted by molar-refractivity contribution is 0.153. The van der Waals surface area contributed by atoms with E-state index in [0.717, 1.165) is 52.4 Å². The lowest BCUT2D eigenvalue weighted by Crippen LogP contribution is -2.51. The van der Waals surface area contributed by atoms with Crippen molar-refractivity contribution in [3.63, 3.8) is 0 Å². The number of piperazine rings is 2. The van der Waals surface area contributed by atoms with Crippen molar-refractivity contribution in [3.05, 3.63) is 0 Å². The molecule has 0 bridgehead atoms. The molecule has 2 rings (SSSR count). The fraction of sp³-hybridized carbons (Fsp3) is 1.00. The van der Waals surface area contributed by atoms with Crippen molar-refractivity contribution in [1.82, 2.24) is 19.4 Å². The maximum absolute atomic E-state index is 11.4. The van der Waals surface area contributed by atoms with E-state index in [2.05, 4.69) is 15.1 Å². The van der Waals surface area contributed by atoms with Gasteiger partial charge in [0, 0.05) is 65.4 Å². The number of nitrogens with one attached hydrogen (secondary N) is 1. The Balaban J connectivity index is 1.67. The topological polar surface area (TPSA) is 55.9 Å². The van der Waals surface area contributed by atoms with Gasteiger partial charge in [0.25, 0.3) is 0 Å². The summed E-state index contributed by atoms with van der Waals surface area (Å²) in [5, 5.41) is 3.35. The van der Waals surface area contributed by atoms with Crippen LogP contribution in [-0.4, -0.2) is 94.2 Å². The van der Waals surface area contributed by atoms with Crippen molar-refractivity contribution < 1.29 is 8.42 Å². The van der Waals surface area contributed by atoms with Gasteiger partial charge in [-0.1, -0.05) is 0 Å². The molecule has 0 aromatic carbocycles. The van der Waals surface area contributed by atoms with Gasteiger partial charge < -0.3 is 5.32 Å². The molecule has 2 aliphatic heterocycles. The second-order valence-electron chi connectivity index (χ2n) is 5.10. The molecule has 2 saturated heterocycles. The molecule has 0 aromatic rings. The van der Waals surface area contributed by atoms with Crippen LogP contribution in [0.1, 0.15) is 0 Å². The molecule has 6 nitrogen and oxygen atoms in total. The number of rotatable bonds is 4. The van der Waals surface area contributed by atoms with Crippen LogP contribution in [0.15, 0.2) is 0 Å². The Bertz CT molecular complexity index is 346. The van der Waals surface area contributed by atoms with Crippen molar-refractivity contribution in [1.29, 1.82) is 0 Å². The van der Waals surface area contributed by atoms with Crippen molar-refractivity contribution in [2.45, 2.75) is 0 Å². The molecule has 18 heavy (non-hydrogen) atoms. The van der Waals surface area contributed by atoms with Crippen molar-refractivity contribution >= 4 is 10.0 Å². The van der Waals surface area contributed by atoms with Crippen LogP contribution >= 0.6 is 0 Å². The van der Waals surface area contributed by atoms with Crippen LogP contribution in [-0.2, 0) is 10.0 Å². The van der Waals surface area contributed by atoms with Crippen molar-refractivity contribution in [2.75, 3.05) is 71.7 Å². The standard InChI is InChI=1S/C11H24N4O2S/c1-18(16,17)15-10-8-14(9-11-15)7-6-13-4-2-12-3-5-13/h12H,2-11H2,1H3. The van der Waals surface area contributed by atoms with E-state index in [1.165, 1.54) is 6.26 Å². The zero-order chi connectivity index (χ0) is 13.0. The van der Waals surface area contributed by atoms with Crippen molar-refractivity contribution in [3.8, 4) is 0 Å². The quantitative estimate of drug-likeness (QED) is 0.675. The van der Waals surface area contributed by atoms with E-state index in [1.54, 1.807) is 4.31 Å². The maximum Gasteiger partial charge on any atom is 0.211 e. The van der Waals surface area contributed by atoms with Gasteiger partial charge in [0.15, 0.2) is 0 Å². The Morgan fingerprint density at radius 2 is 1.39 bits per heavy atom. The molecular weight excluding hydrogens is 252 g/mol. The van der Waals surface area contributed by atoms with Crippen LogP contribution in [0.25, 0.3) is 0 Å². The SMILES string of the molecule is CS(=O)(=O)N1CCN(CCN2CCNCC2)CC1. The first-order valence-corrected chi connectivity index (χ1v) is 8.51. The zero-order valence-electron chi connectivity index (χ0n) is 11.1. The minimum absolute atomic E-state index is 0.639. The summed E-state index contributed by atoms with van der Waals surface area (Å²) in [6.07, 6.45) is 1.30. The number of hydrogen-bond acceptors (Lipinski definition) is 5. The monoisotopic (exact) mass is 276 g/mol. The van der Waals surface area contributed by atoms with Crippen LogP contribution in [0, 0.1) is 0 Å². The molecule has 1 N–H and O–H groups in total. The van der Waals surface area contributed by atoms with Gasteiger partial charge in [-0.2, -0.15) is 4.31 Å². The van der Waals surface area contributed by atoms with Crippen LogP contribution in [0.3, 0.4) is 0 Å². The van der Waals surface area contributed by atoms with Gasteiger partial charge in [-0.15, -0.1) is 0 Å². The predicted molar refractivity (Wildman–Crippen MR) is 72.2 cm³/mol. The van der Waals surface area contributed by atoms with E-state index in [0.29, 0.717) is 13.1 Å². The lowest BCUT2D eigenvalue weighted by Gasteiger charge is -2.35. The van der Waals surface area contributed by atoms with Crippen LogP contribution < -0.4 is 5.32 Å². The molecule has 0 unspecified atom stereocenters. The van der Waals surface area contributed by atoms with Crippen LogP contribution in [0.2, 0.25) is 0 Å². The summed E-state index contributed by atoms with van der Waals surface area (Å²) in [7, 11) is -3.00. The van der Waals surface area contributed by atoms with E-state index >= 15 is 0 Å². The average molecular weight is 276 g/mol. The summed E-state index contributed by atoms with van der Waals surface area (Å²) >= 11 is 0. The minimum atomic E-state index is -3.00. The molecule has 0 saturated carbocycles. The predicted octanol–water partition coefficient (Wildman–Crippen LogP) is -1.53. The molecule has 0 aromatic heterocycles. The Kier molecular flexibility index (Phi) is 4.97. The van der Waals surface area contributed by atoms with Crippen LogP contribution in [0.4, 0.5) is 0 Å². The Morgan fingerprint density at radius 3 is 1.89 bits per heavy atom. The van der Waals surface area contributed by atoms with Gasteiger partial charge in [-0.05, 0) is 0 Å². The highest BCUT2D eigenvalue weighted by molar-refractivity contribution is 7.88. The fourth-order valence-electron chi connectivity index (χ4n) is 2.50. The maximum atomic E-state index is 11.4. The summed E-state index contributed by atoms with van der Waals surface area (Å²) < 4.78 is 24.4. The second-order valence-corrected chi connectivity index (χ2v) is 7.08. The second kappa shape index (κ2) is 6.29. The molecule has 2 fully saturated rings. The minimum Gasteiger partial charge on any atom is -0.314 e. The van der Waals surface area contributed by atoms with Gasteiger partial charge in [0.2, 0.25) is 10.0 Å². The van der Waals surface area contributed by atoms with Gasteiger partial charge >= 0.3 is 0 Å². The zero-order valence-corrected chi connectivity index (χ0v) is 12.0. The third kappa shape index (κ3) is 4.17. The van der Waals surface area contributed by atoms with E-state index < -0.39 is 10.0 Å². The summed E-state index contributed by atoms with van der Waals surface area (Å²) in [4.78, 5) is 4.84. The summed E-state index contributed by atoms with van der Waals surface area (Å²) in [5.74, 6) is 0. The normalized spacial score (nSPS) is 25.4. The fourth-order valence-corrected chi connectivity index (χ4v) is 3.33. The third-order valence-electron chi connectivity index (χ3n) is 3.74. The smallest absolute Gasteiger partial charge is 0.211 e. The molecule has 0 amide bonds. The van der Waals surface area contributed by atoms with Crippen LogP contribution in [0.5, 0.6) is 0 Å². The first-order valence-electron chi connectivity index (χ1n) is 6.66. The summed E-state index contributed by atoms with van der Waals surface area (Å²) in [6.45, 7) is 9.58. The van der Waals surface area contributed by atoms with E-state index in [-0.39, 0.29) is 0 Å². The summed E-state index contributed by atoms with van der Waals surface area (Å²) in [6, 6.07) is 0. The van der Waals surface area contributed by atoms with E-state index in [4.69, 9.17) is 0 Å². The Labute approximate surface area is 110 Å². The molecule has 0 radical (unpaired) electrons. The molecule has 2 heterocycles. The highest BCUT2D eigenvalue weighted by Crippen LogP contribution is 2.06. The van der Waals surface area contributed by atoms with Gasteiger partial charge in [0.05, 0.1) is 6.26 Å². The number of nitrogens with zero attached hydrogens (tertiary/aromatic N) is 3. The molecule has 0 aliphatic carbocycles. The van der Waals surface area contributed by atoms with Crippen molar-refractivity contribution in [2.24, 2.45) is 0 Å². The third-order valence-corrected chi connectivity index (χ3v) is 5.05. The molecule has 106 valence electrons. The Morgan fingerprint density at radius 1 is 0.889 bits per heavy atom. The first kappa shape index (κ1) is 14.2. The molecule has 7 heteroatoms. The van der Waals surface area contributed by atoms with Gasteiger partial charge in [-0.3, -0.25) is 9.80 Å². The number of hydrogen-bond donors (Lipinski definition) is 1. The molecule has 0 spiro atoms.